The fourth-order valence-electron chi connectivity index (χ4n) is 1.03. The fourth-order valence-corrected chi connectivity index (χ4v) is 1.33. The quantitative estimate of drug-likeness (QED) is 0.737. The van der Waals surface area contributed by atoms with Gasteiger partial charge in [0.05, 0.1) is 6.54 Å². The predicted octanol–water partition coefficient (Wildman–Crippen LogP) is 0.535. The Balaban J connectivity index is 2.16. The van der Waals surface area contributed by atoms with Crippen molar-refractivity contribution >= 4 is 17.5 Å². The second-order valence-electron chi connectivity index (χ2n) is 3.07. The van der Waals surface area contributed by atoms with Gasteiger partial charge in [-0.1, -0.05) is 30.3 Å². The fraction of sp³-hybridized carbons (Fsp3) is 0.300. The van der Waals surface area contributed by atoms with Gasteiger partial charge in [0.1, 0.15) is 12.4 Å². The first-order valence-corrected chi connectivity index (χ1v) is 6.14. The molecule has 0 saturated heterocycles. The number of benzene rings is 1. The van der Waals surface area contributed by atoms with E-state index < -0.39 is 17.5 Å². The van der Waals surface area contributed by atoms with Gasteiger partial charge in [0.15, 0.2) is 0 Å². The van der Waals surface area contributed by atoms with Crippen LogP contribution >= 0.6 is 0 Å². The van der Waals surface area contributed by atoms with Gasteiger partial charge >= 0.3 is 6.09 Å². The van der Waals surface area contributed by atoms with Crippen LogP contribution in [0.1, 0.15) is 5.56 Å². The summed E-state index contributed by atoms with van der Waals surface area (Å²) in [6.07, 6.45) is -0.533. The molecule has 0 aliphatic carbocycles. The smallest absolute Gasteiger partial charge is 0.407 e. The number of nitrogens with two attached hydrogens (primary N) is 1. The van der Waals surface area contributed by atoms with Gasteiger partial charge in [-0.25, -0.2) is 4.79 Å². The van der Waals surface area contributed by atoms with Crippen LogP contribution in [0.2, 0.25) is 0 Å². The first-order valence-electron chi connectivity index (χ1n) is 4.76. The van der Waals surface area contributed by atoms with Crippen molar-refractivity contribution in [2.75, 3.05) is 12.3 Å². The lowest BCUT2D eigenvalue weighted by molar-refractivity contribution is 0.140. The number of carbonyl (C=O) groups is 1. The third-order valence-electron chi connectivity index (χ3n) is 1.79. The summed E-state index contributed by atoms with van der Waals surface area (Å²) < 4.78 is 15.4. The van der Waals surface area contributed by atoms with Gasteiger partial charge in [-0.3, -0.25) is 0 Å². The van der Waals surface area contributed by atoms with Crippen molar-refractivity contribution in [3.63, 3.8) is 0 Å². The van der Waals surface area contributed by atoms with Crippen LogP contribution in [0, 0.1) is 0 Å². The molecule has 1 rings (SSSR count). The van der Waals surface area contributed by atoms with E-state index in [2.05, 4.69) is 5.32 Å². The Morgan fingerprint density at radius 2 is 2.12 bits per heavy atom. The lowest BCUT2D eigenvalue weighted by atomic mass is 10.2. The molecule has 16 heavy (non-hydrogen) atoms. The highest BCUT2D eigenvalue weighted by Gasteiger charge is 2.04. The Kier molecular flexibility index (Phi) is 5.69. The van der Waals surface area contributed by atoms with E-state index in [0.29, 0.717) is 0 Å². The van der Waals surface area contributed by atoms with Crippen LogP contribution < -0.4 is 10.5 Å². The number of hydrogen-bond acceptors (Lipinski definition) is 4. The topological polar surface area (TPSA) is 87.4 Å². The molecule has 0 aromatic heterocycles. The SMILES string of the molecule is N[S+]([O-])CCNC(=O)OCc1ccccc1. The summed E-state index contributed by atoms with van der Waals surface area (Å²) >= 11 is -1.39. The molecule has 0 heterocycles. The molecule has 3 N–H and O–H groups in total. The standard InChI is InChI=1S/C10H14N2O3S/c11-16(14)7-6-12-10(13)15-8-9-4-2-1-3-5-9/h1-5H,6-8,11H2,(H,12,13). The minimum absolute atomic E-state index is 0.221. The number of hydrogen-bond donors (Lipinski definition) is 2. The highest BCUT2D eigenvalue weighted by atomic mass is 32.2. The average Bonchev–Trinajstić information content (AvgIpc) is 2.27. The van der Waals surface area contributed by atoms with E-state index in [0.717, 1.165) is 5.56 Å². The molecule has 0 aliphatic rings. The Bertz CT molecular complexity index is 319. The molecule has 1 aromatic carbocycles. The number of amides is 1. The molecule has 1 amide bonds. The van der Waals surface area contributed by atoms with Crippen molar-refractivity contribution in [3.8, 4) is 0 Å². The minimum atomic E-state index is -1.39. The van der Waals surface area contributed by atoms with Crippen LogP contribution in [0.4, 0.5) is 4.79 Å². The van der Waals surface area contributed by atoms with Crippen molar-refractivity contribution < 1.29 is 14.1 Å². The molecule has 1 atom stereocenters. The monoisotopic (exact) mass is 242 g/mol. The molecule has 88 valence electrons. The maximum Gasteiger partial charge on any atom is 0.407 e. The zero-order valence-corrected chi connectivity index (χ0v) is 9.53. The van der Waals surface area contributed by atoms with E-state index in [1.807, 2.05) is 30.3 Å². The molecule has 0 saturated carbocycles. The second kappa shape index (κ2) is 7.10. The molecule has 0 aliphatic heterocycles. The Hall–Kier alpha value is -1.24. The Morgan fingerprint density at radius 3 is 2.75 bits per heavy atom. The molecule has 6 heteroatoms. The van der Waals surface area contributed by atoms with E-state index >= 15 is 0 Å². The van der Waals surface area contributed by atoms with Crippen molar-refractivity contribution in [1.82, 2.24) is 5.32 Å². The molecule has 0 bridgehead atoms. The van der Waals surface area contributed by atoms with Crippen LogP contribution in [-0.2, 0) is 22.7 Å². The molecule has 5 nitrogen and oxygen atoms in total. The second-order valence-corrected chi connectivity index (χ2v) is 4.24. The number of carbonyl (C=O) groups excluding carboxylic acids is 1. The Labute approximate surface area is 97.3 Å². The minimum Gasteiger partial charge on any atom is -0.598 e. The van der Waals surface area contributed by atoms with Gasteiger partial charge in [0.2, 0.25) is 0 Å². The van der Waals surface area contributed by atoms with E-state index in [1.165, 1.54) is 0 Å². The van der Waals surface area contributed by atoms with E-state index in [4.69, 9.17) is 9.88 Å². The molecular formula is C10H14N2O3S. The van der Waals surface area contributed by atoms with Crippen LogP contribution in [0.25, 0.3) is 0 Å². The maximum absolute atomic E-state index is 11.1. The molecule has 1 aromatic rings. The molecule has 1 unspecified atom stereocenters. The van der Waals surface area contributed by atoms with Crippen LogP contribution in [0.3, 0.4) is 0 Å². The number of alkyl carbamates (subject to hydrolysis) is 1. The number of ether oxygens (including phenoxy) is 1. The van der Waals surface area contributed by atoms with Crippen LogP contribution in [0.15, 0.2) is 30.3 Å². The molecule has 0 fully saturated rings. The van der Waals surface area contributed by atoms with Crippen molar-refractivity contribution in [3.05, 3.63) is 35.9 Å². The summed E-state index contributed by atoms with van der Waals surface area (Å²) in [5.41, 5.74) is 0.917. The lowest BCUT2D eigenvalue weighted by Gasteiger charge is -2.07. The predicted molar refractivity (Wildman–Crippen MR) is 61.8 cm³/mol. The summed E-state index contributed by atoms with van der Waals surface area (Å²) in [6, 6.07) is 9.35. The lowest BCUT2D eigenvalue weighted by Crippen LogP contribution is -2.31. The first-order chi connectivity index (χ1) is 7.68. The number of nitrogens with one attached hydrogen (secondary N) is 1. The maximum atomic E-state index is 11.1. The first kappa shape index (κ1) is 12.8. The van der Waals surface area contributed by atoms with E-state index in [9.17, 15) is 9.35 Å². The van der Waals surface area contributed by atoms with E-state index in [-0.39, 0.29) is 18.9 Å². The molecular weight excluding hydrogens is 228 g/mol. The molecule has 0 radical (unpaired) electrons. The van der Waals surface area contributed by atoms with E-state index in [1.54, 1.807) is 0 Å². The zero-order valence-electron chi connectivity index (χ0n) is 8.72. The summed E-state index contributed by atoms with van der Waals surface area (Å²) in [6.45, 7) is 0.467. The van der Waals surface area contributed by atoms with Gasteiger partial charge in [-0.2, -0.15) is 5.14 Å². The molecule has 0 spiro atoms. The largest absolute Gasteiger partial charge is 0.598 e. The van der Waals surface area contributed by atoms with Crippen molar-refractivity contribution in [2.24, 2.45) is 5.14 Å². The van der Waals surface area contributed by atoms with Gasteiger partial charge in [-0.15, -0.1) is 0 Å². The Morgan fingerprint density at radius 1 is 1.44 bits per heavy atom. The third kappa shape index (κ3) is 5.59. The van der Waals surface area contributed by atoms with Gasteiger partial charge in [-0.05, 0) is 5.56 Å². The van der Waals surface area contributed by atoms with Crippen LogP contribution in [-0.4, -0.2) is 22.9 Å². The van der Waals surface area contributed by atoms with Crippen molar-refractivity contribution in [2.45, 2.75) is 6.61 Å². The third-order valence-corrected chi connectivity index (χ3v) is 2.39. The van der Waals surface area contributed by atoms with Crippen molar-refractivity contribution in [1.29, 1.82) is 0 Å². The van der Waals surface area contributed by atoms with Gasteiger partial charge in [0.25, 0.3) is 0 Å². The average molecular weight is 242 g/mol. The van der Waals surface area contributed by atoms with Gasteiger partial charge in [0, 0.05) is 11.4 Å². The summed E-state index contributed by atoms with van der Waals surface area (Å²) in [5, 5.41) is 7.47. The highest BCUT2D eigenvalue weighted by molar-refractivity contribution is 7.89. The van der Waals surface area contributed by atoms with Gasteiger partial charge < -0.3 is 14.6 Å². The summed E-state index contributed by atoms with van der Waals surface area (Å²) in [4.78, 5) is 11.1. The summed E-state index contributed by atoms with van der Waals surface area (Å²) in [7, 11) is 0. The summed E-state index contributed by atoms with van der Waals surface area (Å²) in [5.74, 6) is 0.223. The number of rotatable bonds is 5. The normalized spacial score (nSPS) is 11.9. The zero-order chi connectivity index (χ0) is 11.8. The van der Waals surface area contributed by atoms with Crippen LogP contribution in [0.5, 0.6) is 0 Å². The highest BCUT2D eigenvalue weighted by Crippen LogP contribution is 2.00.